The zero-order valence-corrected chi connectivity index (χ0v) is 12.0. The summed E-state index contributed by atoms with van der Waals surface area (Å²) in [6.45, 7) is 2.52. The molecule has 0 bridgehead atoms. The Labute approximate surface area is 110 Å². The topological polar surface area (TPSA) is 59.3 Å². The Morgan fingerprint density at radius 2 is 2.35 bits per heavy atom. The Hall–Kier alpha value is -0.950. The number of halogens is 1. The minimum Gasteiger partial charge on any atom is -0.352 e. The van der Waals surface area contributed by atoms with Crippen molar-refractivity contribution >= 4 is 38.3 Å². The van der Waals surface area contributed by atoms with Crippen molar-refractivity contribution in [1.82, 2.24) is 14.6 Å². The van der Waals surface area contributed by atoms with Crippen molar-refractivity contribution in [2.24, 2.45) is 0 Å². The summed E-state index contributed by atoms with van der Waals surface area (Å²) < 4.78 is 13.8. The molecule has 0 saturated heterocycles. The Balaban J connectivity index is 2.12. The molecule has 2 aromatic heterocycles. The summed E-state index contributed by atoms with van der Waals surface area (Å²) in [4.78, 5) is 4.31. The number of aromatic nitrogens is 3. The van der Waals surface area contributed by atoms with Crippen molar-refractivity contribution in [3.8, 4) is 0 Å². The van der Waals surface area contributed by atoms with Crippen molar-refractivity contribution in [3.05, 3.63) is 22.8 Å². The zero-order chi connectivity index (χ0) is 12.4. The van der Waals surface area contributed by atoms with Crippen LogP contribution in [0.5, 0.6) is 0 Å². The molecule has 0 aliphatic heterocycles. The van der Waals surface area contributed by atoms with Crippen molar-refractivity contribution < 1.29 is 4.21 Å². The molecule has 0 amide bonds. The molecule has 0 aromatic carbocycles. The molecular formula is C10H13BrN4OS. The van der Waals surface area contributed by atoms with Crippen LogP contribution in [-0.2, 0) is 10.8 Å². The van der Waals surface area contributed by atoms with Crippen molar-refractivity contribution in [3.63, 3.8) is 0 Å². The van der Waals surface area contributed by atoms with Crippen LogP contribution in [0, 0.1) is 0 Å². The summed E-state index contributed by atoms with van der Waals surface area (Å²) in [6.07, 6.45) is 3.54. The number of fused-ring (bicyclic) bond motifs is 1. The Bertz CT molecular complexity index is 556. The molecule has 1 N–H and O–H groups in total. The first-order chi connectivity index (χ1) is 8.06. The zero-order valence-electron chi connectivity index (χ0n) is 9.55. The molecule has 0 saturated carbocycles. The SMILES string of the molecule is CC(CNc1nc2ccc(Br)cn2n1)S(C)=O. The second kappa shape index (κ2) is 5.14. The molecule has 5 nitrogen and oxygen atoms in total. The van der Waals surface area contributed by atoms with Gasteiger partial charge >= 0.3 is 0 Å². The number of nitrogens with one attached hydrogen (secondary N) is 1. The van der Waals surface area contributed by atoms with Crippen LogP contribution in [0.15, 0.2) is 22.8 Å². The van der Waals surface area contributed by atoms with E-state index in [0.717, 1.165) is 10.1 Å². The second-order valence-electron chi connectivity index (χ2n) is 3.78. The molecule has 92 valence electrons. The minimum absolute atomic E-state index is 0.0772. The van der Waals surface area contributed by atoms with Gasteiger partial charge in [-0.1, -0.05) is 0 Å². The summed E-state index contributed by atoms with van der Waals surface area (Å²) in [5, 5.41) is 7.43. The van der Waals surface area contributed by atoms with Crippen LogP contribution in [0.2, 0.25) is 0 Å². The molecule has 2 heterocycles. The van der Waals surface area contributed by atoms with Gasteiger partial charge in [-0.15, -0.1) is 5.10 Å². The van der Waals surface area contributed by atoms with Crippen LogP contribution in [0.3, 0.4) is 0 Å². The molecule has 2 aromatic rings. The number of rotatable bonds is 4. The molecule has 7 heteroatoms. The fourth-order valence-electron chi connectivity index (χ4n) is 1.29. The summed E-state index contributed by atoms with van der Waals surface area (Å²) in [5.41, 5.74) is 0.779. The highest BCUT2D eigenvalue weighted by Gasteiger charge is 2.08. The molecule has 0 aliphatic rings. The Morgan fingerprint density at radius 3 is 3.06 bits per heavy atom. The van der Waals surface area contributed by atoms with Gasteiger partial charge in [0.25, 0.3) is 0 Å². The fourth-order valence-corrected chi connectivity index (χ4v) is 1.93. The number of hydrogen-bond acceptors (Lipinski definition) is 4. The molecule has 17 heavy (non-hydrogen) atoms. The maximum Gasteiger partial charge on any atom is 0.243 e. The van der Waals surface area contributed by atoms with Gasteiger partial charge in [0.2, 0.25) is 5.95 Å². The first-order valence-corrected chi connectivity index (χ1v) is 7.55. The van der Waals surface area contributed by atoms with E-state index in [-0.39, 0.29) is 5.25 Å². The summed E-state index contributed by atoms with van der Waals surface area (Å²) in [6, 6.07) is 3.79. The number of hydrogen-bond donors (Lipinski definition) is 1. The molecule has 0 radical (unpaired) electrons. The minimum atomic E-state index is -0.838. The Morgan fingerprint density at radius 1 is 1.59 bits per heavy atom. The van der Waals surface area contributed by atoms with E-state index in [2.05, 4.69) is 31.3 Å². The van der Waals surface area contributed by atoms with E-state index in [0.29, 0.717) is 12.5 Å². The third kappa shape index (κ3) is 3.04. The van der Waals surface area contributed by atoms with Gasteiger partial charge in [0, 0.05) is 39.5 Å². The van der Waals surface area contributed by atoms with Gasteiger partial charge in [-0.3, -0.25) is 4.21 Å². The third-order valence-electron chi connectivity index (χ3n) is 2.41. The van der Waals surface area contributed by atoms with Crippen LogP contribution < -0.4 is 5.32 Å². The maximum absolute atomic E-state index is 11.2. The van der Waals surface area contributed by atoms with E-state index in [1.807, 2.05) is 25.3 Å². The van der Waals surface area contributed by atoms with Gasteiger partial charge in [0.15, 0.2) is 5.65 Å². The van der Waals surface area contributed by atoms with E-state index in [9.17, 15) is 4.21 Å². The number of nitrogens with zero attached hydrogens (tertiary/aromatic N) is 3. The number of pyridine rings is 1. The lowest BCUT2D eigenvalue weighted by Crippen LogP contribution is -2.21. The predicted octanol–water partition coefficient (Wildman–Crippen LogP) is 1.67. The average molecular weight is 317 g/mol. The van der Waals surface area contributed by atoms with Gasteiger partial charge in [-0.25, -0.2) is 4.52 Å². The van der Waals surface area contributed by atoms with Gasteiger partial charge < -0.3 is 5.32 Å². The highest BCUT2D eigenvalue weighted by atomic mass is 79.9. The smallest absolute Gasteiger partial charge is 0.243 e. The van der Waals surface area contributed by atoms with E-state index < -0.39 is 10.8 Å². The van der Waals surface area contributed by atoms with Crippen LogP contribution in [0.1, 0.15) is 6.92 Å². The normalized spacial score (nSPS) is 14.8. The van der Waals surface area contributed by atoms with Gasteiger partial charge in [-0.2, -0.15) is 4.98 Å². The van der Waals surface area contributed by atoms with Crippen molar-refractivity contribution in [1.29, 1.82) is 0 Å². The fraction of sp³-hybridized carbons (Fsp3) is 0.400. The second-order valence-corrected chi connectivity index (χ2v) is 6.49. The largest absolute Gasteiger partial charge is 0.352 e. The average Bonchev–Trinajstić information content (AvgIpc) is 2.67. The molecule has 0 fully saturated rings. The van der Waals surface area contributed by atoms with Crippen LogP contribution >= 0.6 is 15.9 Å². The van der Waals surface area contributed by atoms with Gasteiger partial charge in [0.05, 0.1) is 0 Å². The highest BCUT2D eigenvalue weighted by Crippen LogP contribution is 2.12. The lowest BCUT2D eigenvalue weighted by Gasteiger charge is -2.07. The van der Waals surface area contributed by atoms with Crippen LogP contribution in [-0.4, -0.2) is 36.9 Å². The standard InChI is InChI=1S/C10H13BrN4OS/c1-7(17(2)16)5-12-10-13-9-4-3-8(11)6-15(9)14-10/h3-4,6-7H,5H2,1-2H3,(H,12,14). The lowest BCUT2D eigenvalue weighted by molar-refractivity contribution is 0.678. The van der Waals surface area contributed by atoms with Gasteiger partial charge in [-0.05, 0) is 35.0 Å². The molecule has 2 unspecified atom stereocenters. The molecule has 0 spiro atoms. The summed E-state index contributed by atoms with van der Waals surface area (Å²) in [5.74, 6) is 0.556. The molecule has 2 rings (SSSR count). The van der Waals surface area contributed by atoms with Gasteiger partial charge in [0.1, 0.15) is 0 Å². The first kappa shape index (κ1) is 12.5. The summed E-state index contributed by atoms with van der Waals surface area (Å²) >= 11 is 3.37. The predicted molar refractivity (Wildman–Crippen MR) is 72.7 cm³/mol. The van der Waals surface area contributed by atoms with Crippen molar-refractivity contribution in [2.75, 3.05) is 18.1 Å². The number of anilines is 1. The highest BCUT2D eigenvalue weighted by molar-refractivity contribution is 9.10. The lowest BCUT2D eigenvalue weighted by atomic mass is 10.5. The summed E-state index contributed by atoms with van der Waals surface area (Å²) in [7, 11) is -0.838. The third-order valence-corrected chi connectivity index (χ3v) is 4.18. The van der Waals surface area contributed by atoms with E-state index in [1.165, 1.54) is 0 Å². The molecule has 2 atom stereocenters. The quantitative estimate of drug-likeness (QED) is 0.932. The van der Waals surface area contributed by atoms with Crippen LogP contribution in [0.4, 0.5) is 5.95 Å². The van der Waals surface area contributed by atoms with E-state index >= 15 is 0 Å². The Kier molecular flexibility index (Phi) is 3.78. The van der Waals surface area contributed by atoms with E-state index in [1.54, 1.807) is 10.8 Å². The van der Waals surface area contributed by atoms with E-state index in [4.69, 9.17) is 0 Å². The maximum atomic E-state index is 11.2. The molecular weight excluding hydrogens is 304 g/mol. The molecule has 0 aliphatic carbocycles. The first-order valence-electron chi connectivity index (χ1n) is 5.14. The van der Waals surface area contributed by atoms with Crippen molar-refractivity contribution in [2.45, 2.75) is 12.2 Å². The monoisotopic (exact) mass is 316 g/mol. The van der Waals surface area contributed by atoms with Crippen LogP contribution in [0.25, 0.3) is 5.65 Å².